The molecular weight excluding hydrogens is 370 g/mol. The standard InChI is InChI=1S/C21H31N5OS/c1-5-10-26-19(18-9-7-8-16(3)15-18)22-23-21(26)28-17(4)20(27)25-13-11-24(6-2)12-14-25/h7-9,15,17H,5-6,10-14H2,1-4H3. The number of carbonyl (C=O) groups excluding carboxylic acids is 1. The van der Waals surface area contributed by atoms with Crippen molar-refractivity contribution >= 4 is 17.7 Å². The van der Waals surface area contributed by atoms with E-state index in [1.807, 2.05) is 17.9 Å². The summed E-state index contributed by atoms with van der Waals surface area (Å²) in [5, 5.41) is 9.54. The zero-order valence-electron chi connectivity index (χ0n) is 17.4. The van der Waals surface area contributed by atoms with Crippen molar-refractivity contribution in [1.29, 1.82) is 0 Å². The average molecular weight is 402 g/mol. The van der Waals surface area contributed by atoms with Gasteiger partial charge in [-0.25, -0.2) is 0 Å². The normalized spacial score (nSPS) is 16.4. The number of aromatic nitrogens is 3. The van der Waals surface area contributed by atoms with E-state index in [-0.39, 0.29) is 11.2 Å². The molecule has 1 unspecified atom stereocenters. The van der Waals surface area contributed by atoms with Gasteiger partial charge in [-0.15, -0.1) is 10.2 Å². The van der Waals surface area contributed by atoms with Gasteiger partial charge in [0.25, 0.3) is 0 Å². The number of hydrogen-bond acceptors (Lipinski definition) is 5. The fourth-order valence-corrected chi connectivity index (χ4v) is 4.51. The number of rotatable bonds is 7. The average Bonchev–Trinajstić information content (AvgIpc) is 3.10. The zero-order chi connectivity index (χ0) is 20.1. The van der Waals surface area contributed by atoms with Crippen LogP contribution < -0.4 is 0 Å². The van der Waals surface area contributed by atoms with Gasteiger partial charge >= 0.3 is 0 Å². The van der Waals surface area contributed by atoms with Crippen LogP contribution in [0.2, 0.25) is 0 Å². The van der Waals surface area contributed by atoms with Gasteiger partial charge in [-0.05, 0) is 32.9 Å². The van der Waals surface area contributed by atoms with E-state index in [4.69, 9.17) is 0 Å². The Morgan fingerprint density at radius 2 is 1.93 bits per heavy atom. The molecule has 7 heteroatoms. The molecule has 2 aromatic rings. The highest BCUT2D eigenvalue weighted by Gasteiger charge is 2.27. The minimum Gasteiger partial charge on any atom is -0.339 e. The van der Waals surface area contributed by atoms with Crippen LogP contribution >= 0.6 is 11.8 Å². The van der Waals surface area contributed by atoms with Crippen molar-refractivity contribution in [2.75, 3.05) is 32.7 Å². The third kappa shape index (κ3) is 4.75. The third-order valence-electron chi connectivity index (χ3n) is 5.20. The van der Waals surface area contributed by atoms with Gasteiger partial charge in [-0.3, -0.25) is 4.79 Å². The second kappa shape index (κ2) is 9.56. The first-order chi connectivity index (χ1) is 13.5. The molecule has 1 aromatic carbocycles. The summed E-state index contributed by atoms with van der Waals surface area (Å²) in [4.78, 5) is 17.3. The van der Waals surface area contributed by atoms with Gasteiger partial charge < -0.3 is 14.4 Å². The SMILES string of the molecule is CCCn1c(SC(C)C(=O)N2CCN(CC)CC2)nnc1-c1cccc(C)c1. The van der Waals surface area contributed by atoms with Gasteiger partial charge in [-0.2, -0.15) is 0 Å². The molecule has 1 saturated heterocycles. The van der Waals surface area contributed by atoms with E-state index in [2.05, 4.69) is 58.6 Å². The van der Waals surface area contributed by atoms with E-state index in [0.717, 1.165) is 62.2 Å². The predicted molar refractivity (Wildman–Crippen MR) is 114 cm³/mol. The van der Waals surface area contributed by atoms with Gasteiger partial charge in [-0.1, -0.05) is 49.4 Å². The number of carbonyl (C=O) groups is 1. The molecule has 6 nitrogen and oxygen atoms in total. The Kier molecular flexibility index (Phi) is 7.13. The maximum Gasteiger partial charge on any atom is 0.235 e. The summed E-state index contributed by atoms with van der Waals surface area (Å²) >= 11 is 1.52. The molecule has 0 aliphatic carbocycles. The summed E-state index contributed by atoms with van der Waals surface area (Å²) in [6.07, 6.45) is 0.992. The van der Waals surface area contributed by atoms with Crippen LogP contribution in [-0.2, 0) is 11.3 Å². The monoisotopic (exact) mass is 401 g/mol. The van der Waals surface area contributed by atoms with Gasteiger partial charge in [0.15, 0.2) is 11.0 Å². The van der Waals surface area contributed by atoms with Crippen molar-refractivity contribution in [3.8, 4) is 11.4 Å². The summed E-state index contributed by atoms with van der Waals surface area (Å²) in [6.45, 7) is 13.8. The minimum absolute atomic E-state index is 0.168. The predicted octanol–water partition coefficient (Wildman–Crippen LogP) is 3.31. The number of thioether (sulfide) groups is 1. The van der Waals surface area contributed by atoms with Gasteiger partial charge in [0.1, 0.15) is 0 Å². The Hall–Kier alpha value is -1.86. The van der Waals surface area contributed by atoms with Crippen molar-refractivity contribution < 1.29 is 4.79 Å². The largest absolute Gasteiger partial charge is 0.339 e. The van der Waals surface area contributed by atoms with Crippen LogP contribution in [0.3, 0.4) is 0 Å². The van der Waals surface area contributed by atoms with Crippen molar-refractivity contribution in [1.82, 2.24) is 24.6 Å². The molecule has 1 amide bonds. The summed E-state index contributed by atoms with van der Waals surface area (Å²) in [7, 11) is 0. The second-order valence-corrected chi connectivity index (χ2v) is 8.65. The maximum atomic E-state index is 12.9. The van der Waals surface area contributed by atoms with Crippen LogP contribution in [0.1, 0.15) is 32.8 Å². The number of benzene rings is 1. The van der Waals surface area contributed by atoms with Crippen LogP contribution in [0, 0.1) is 6.92 Å². The van der Waals surface area contributed by atoms with E-state index < -0.39 is 0 Å². The molecule has 3 rings (SSSR count). The molecule has 0 bridgehead atoms. The number of hydrogen-bond donors (Lipinski definition) is 0. The minimum atomic E-state index is -0.168. The number of piperazine rings is 1. The van der Waals surface area contributed by atoms with Crippen molar-refractivity contribution in [2.45, 2.75) is 51.1 Å². The Labute approximate surface area is 172 Å². The van der Waals surface area contributed by atoms with E-state index >= 15 is 0 Å². The molecule has 1 aromatic heterocycles. The van der Waals surface area contributed by atoms with Crippen molar-refractivity contribution in [2.24, 2.45) is 0 Å². The Balaban J connectivity index is 1.74. The molecule has 28 heavy (non-hydrogen) atoms. The quantitative estimate of drug-likeness (QED) is 0.666. The maximum absolute atomic E-state index is 12.9. The smallest absolute Gasteiger partial charge is 0.235 e. The molecule has 1 fully saturated rings. The highest BCUT2D eigenvalue weighted by molar-refractivity contribution is 8.00. The number of likely N-dealkylation sites (N-methyl/N-ethyl adjacent to an activating group) is 1. The number of nitrogens with zero attached hydrogens (tertiary/aromatic N) is 5. The molecule has 152 valence electrons. The fraction of sp³-hybridized carbons (Fsp3) is 0.571. The Morgan fingerprint density at radius 1 is 1.18 bits per heavy atom. The van der Waals surface area contributed by atoms with Gasteiger partial charge in [0, 0.05) is 38.3 Å². The zero-order valence-corrected chi connectivity index (χ0v) is 18.2. The van der Waals surface area contributed by atoms with Crippen LogP contribution in [0.5, 0.6) is 0 Å². The summed E-state index contributed by atoms with van der Waals surface area (Å²) < 4.78 is 2.15. The fourth-order valence-electron chi connectivity index (χ4n) is 3.55. The summed E-state index contributed by atoms with van der Waals surface area (Å²) in [5.74, 6) is 1.08. The van der Waals surface area contributed by atoms with Crippen LogP contribution in [-0.4, -0.2) is 68.4 Å². The molecule has 1 aliphatic heterocycles. The van der Waals surface area contributed by atoms with Crippen LogP contribution in [0.25, 0.3) is 11.4 Å². The first-order valence-electron chi connectivity index (χ1n) is 10.2. The topological polar surface area (TPSA) is 54.3 Å². The Bertz CT molecular complexity index is 798. The van der Waals surface area contributed by atoms with Crippen LogP contribution in [0.4, 0.5) is 0 Å². The lowest BCUT2D eigenvalue weighted by Crippen LogP contribution is -2.50. The molecule has 1 atom stereocenters. The molecule has 0 N–H and O–H groups in total. The first-order valence-corrected chi connectivity index (χ1v) is 11.1. The molecular formula is C21H31N5OS. The molecule has 2 heterocycles. The highest BCUT2D eigenvalue weighted by Crippen LogP contribution is 2.28. The van der Waals surface area contributed by atoms with Gasteiger partial charge in [0.2, 0.25) is 5.91 Å². The van der Waals surface area contributed by atoms with Crippen LogP contribution in [0.15, 0.2) is 29.4 Å². The lowest BCUT2D eigenvalue weighted by atomic mass is 10.1. The third-order valence-corrected chi connectivity index (χ3v) is 6.27. The van der Waals surface area contributed by atoms with E-state index in [1.165, 1.54) is 17.3 Å². The van der Waals surface area contributed by atoms with Crippen molar-refractivity contribution in [3.63, 3.8) is 0 Å². The molecule has 1 aliphatic rings. The summed E-state index contributed by atoms with van der Waals surface area (Å²) in [6, 6.07) is 8.33. The lowest BCUT2D eigenvalue weighted by molar-refractivity contribution is -0.132. The van der Waals surface area contributed by atoms with E-state index in [0.29, 0.717) is 0 Å². The molecule has 0 radical (unpaired) electrons. The van der Waals surface area contributed by atoms with Crippen molar-refractivity contribution in [3.05, 3.63) is 29.8 Å². The van der Waals surface area contributed by atoms with E-state index in [1.54, 1.807) is 0 Å². The molecule has 0 saturated carbocycles. The van der Waals surface area contributed by atoms with Gasteiger partial charge in [0.05, 0.1) is 5.25 Å². The number of aryl methyl sites for hydroxylation is 1. The second-order valence-electron chi connectivity index (χ2n) is 7.35. The number of amides is 1. The molecule has 0 spiro atoms. The summed E-state index contributed by atoms with van der Waals surface area (Å²) in [5.41, 5.74) is 2.27. The highest BCUT2D eigenvalue weighted by atomic mass is 32.2. The lowest BCUT2D eigenvalue weighted by Gasteiger charge is -2.35. The first kappa shape index (κ1) is 20.9. The Morgan fingerprint density at radius 3 is 2.57 bits per heavy atom. The van der Waals surface area contributed by atoms with E-state index in [9.17, 15) is 4.79 Å².